The maximum atomic E-state index is 12.8. The second kappa shape index (κ2) is 8.15. The lowest BCUT2D eigenvalue weighted by Gasteiger charge is -2.40. The van der Waals surface area contributed by atoms with E-state index < -0.39 is 5.91 Å². The van der Waals surface area contributed by atoms with Crippen molar-refractivity contribution in [1.29, 1.82) is 0 Å². The number of piperidine rings is 1. The molecule has 23 heavy (non-hydrogen) atoms. The van der Waals surface area contributed by atoms with Crippen LogP contribution in [-0.4, -0.2) is 42.0 Å². The number of hydrogen-bond donors (Lipinski definition) is 3. The van der Waals surface area contributed by atoms with Gasteiger partial charge in [-0.05, 0) is 50.4 Å². The number of allylic oxidation sites excluding steroid dienone is 2. The molecule has 128 valence electrons. The molecule has 0 aliphatic carbocycles. The van der Waals surface area contributed by atoms with Crippen molar-refractivity contribution in [2.24, 2.45) is 11.7 Å². The number of rotatable bonds is 6. The molecule has 2 heterocycles. The van der Waals surface area contributed by atoms with E-state index in [0.717, 1.165) is 32.4 Å². The van der Waals surface area contributed by atoms with Gasteiger partial charge in [0, 0.05) is 12.5 Å². The molecular formula is C17H28N4O2. The van der Waals surface area contributed by atoms with E-state index in [9.17, 15) is 9.59 Å². The Morgan fingerprint density at radius 2 is 2.04 bits per heavy atom. The number of dihydropyridines is 1. The molecule has 0 aromatic heterocycles. The van der Waals surface area contributed by atoms with Crippen molar-refractivity contribution in [2.45, 2.75) is 51.7 Å². The van der Waals surface area contributed by atoms with Crippen LogP contribution in [-0.2, 0) is 9.59 Å². The van der Waals surface area contributed by atoms with E-state index in [-0.39, 0.29) is 18.1 Å². The zero-order chi connectivity index (χ0) is 16.8. The fraction of sp³-hybridized carbons (Fsp3) is 0.647. The molecule has 0 aromatic carbocycles. The molecule has 1 saturated heterocycles. The average Bonchev–Trinajstić information content (AvgIpc) is 2.54. The minimum absolute atomic E-state index is 0.137. The molecule has 2 aliphatic heterocycles. The summed E-state index contributed by atoms with van der Waals surface area (Å²) in [6.07, 6.45) is 8.32. The first-order valence-electron chi connectivity index (χ1n) is 8.45. The van der Waals surface area contributed by atoms with Gasteiger partial charge in [0.1, 0.15) is 11.9 Å². The van der Waals surface area contributed by atoms with E-state index in [0.29, 0.717) is 18.0 Å². The van der Waals surface area contributed by atoms with Gasteiger partial charge in [-0.3, -0.25) is 9.59 Å². The van der Waals surface area contributed by atoms with Crippen molar-refractivity contribution in [3.8, 4) is 0 Å². The Kier molecular flexibility index (Phi) is 6.21. The van der Waals surface area contributed by atoms with Crippen molar-refractivity contribution in [1.82, 2.24) is 15.5 Å². The van der Waals surface area contributed by atoms with Crippen molar-refractivity contribution in [2.75, 3.05) is 13.1 Å². The Morgan fingerprint density at radius 1 is 1.35 bits per heavy atom. The minimum Gasteiger partial charge on any atom is -0.364 e. The fourth-order valence-electron chi connectivity index (χ4n) is 3.04. The van der Waals surface area contributed by atoms with Crippen molar-refractivity contribution < 1.29 is 9.59 Å². The van der Waals surface area contributed by atoms with E-state index in [2.05, 4.69) is 24.5 Å². The summed E-state index contributed by atoms with van der Waals surface area (Å²) < 4.78 is 0. The molecule has 1 atom stereocenters. The summed E-state index contributed by atoms with van der Waals surface area (Å²) in [4.78, 5) is 26.2. The number of carbonyl (C=O) groups excluding carboxylic acids is 2. The van der Waals surface area contributed by atoms with Crippen LogP contribution in [0, 0.1) is 5.92 Å². The molecule has 0 aromatic rings. The number of carbonyl (C=O) groups is 2. The van der Waals surface area contributed by atoms with E-state index in [1.165, 1.54) is 0 Å². The van der Waals surface area contributed by atoms with Crippen LogP contribution < -0.4 is 16.4 Å². The van der Waals surface area contributed by atoms with Crippen LogP contribution in [0.15, 0.2) is 23.9 Å². The molecule has 1 unspecified atom stereocenters. The van der Waals surface area contributed by atoms with Gasteiger partial charge in [-0.25, -0.2) is 0 Å². The minimum atomic E-state index is -0.501. The van der Waals surface area contributed by atoms with Crippen LogP contribution in [0.25, 0.3) is 0 Å². The summed E-state index contributed by atoms with van der Waals surface area (Å²) in [5.74, 6) is 0.127. The Hall–Kier alpha value is -1.82. The van der Waals surface area contributed by atoms with Crippen molar-refractivity contribution >= 4 is 11.8 Å². The number of amides is 2. The first kappa shape index (κ1) is 17.5. The summed E-state index contributed by atoms with van der Waals surface area (Å²) in [6.45, 7) is 6.06. The Bertz CT molecular complexity index is 493. The molecule has 0 spiro atoms. The molecule has 6 nitrogen and oxygen atoms in total. The average molecular weight is 320 g/mol. The zero-order valence-electron chi connectivity index (χ0n) is 14.0. The largest absolute Gasteiger partial charge is 0.364 e. The van der Waals surface area contributed by atoms with Gasteiger partial charge in [-0.1, -0.05) is 19.9 Å². The third-order valence-electron chi connectivity index (χ3n) is 4.35. The molecule has 2 amide bonds. The van der Waals surface area contributed by atoms with E-state index in [1.54, 1.807) is 12.2 Å². The Morgan fingerprint density at radius 3 is 2.65 bits per heavy atom. The predicted octanol–water partition coefficient (Wildman–Crippen LogP) is 0.858. The van der Waals surface area contributed by atoms with Crippen LogP contribution in [0.2, 0.25) is 0 Å². The summed E-state index contributed by atoms with van der Waals surface area (Å²) in [5.41, 5.74) is 5.72. The third kappa shape index (κ3) is 4.82. The normalized spacial score (nSPS) is 21.7. The van der Waals surface area contributed by atoms with Gasteiger partial charge in [-0.15, -0.1) is 0 Å². The monoisotopic (exact) mass is 320 g/mol. The molecule has 0 radical (unpaired) electrons. The Balaban J connectivity index is 2.12. The highest BCUT2D eigenvalue weighted by Gasteiger charge is 2.31. The van der Waals surface area contributed by atoms with Crippen LogP contribution in [0.3, 0.4) is 0 Å². The highest BCUT2D eigenvalue weighted by Crippen LogP contribution is 2.20. The van der Waals surface area contributed by atoms with Gasteiger partial charge in [-0.2, -0.15) is 0 Å². The standard InChI is InChI=1S/C17H28N4O2/c1-12(2)6-7-16(22)21(13-8-10-19-11-9-13)15-5-3-4-14(20-15)17(18)23/h3-5,12-13,15,19-20H,6-11H2,1-2H3,(H2,18,23). The highest BCUT2D eigenvalue weighted by atomic mass is 16.2. The van der Waals surface area contributed by atoms with Crippen LogP contribution in [0.5, 0.6) is 0 Å². The summed E-state index contributed by atoms with van der Waals surface area (Å²) >= 11 is 0. The van der Waals surface area contributed by atoms with Gasteiger partial charge >= 0.3 is 0 Å². The lowest BCUT2D eigenvalue weighted by atomic mass is 10.0. The smallest absolute Gasteiger partial charge is 0.264 e. The molecule has 1 fully saturated rings. The molecule has 0 saturated carbocycles. The molecule has 2 aliphatic rings. The third-order valence-corrected chi connectivity index (χ3v) is 4.35. The van der Waals surface area contributed by atoms with Gasteiger partial charge < -0.3 is 21.3 Å². The van der Waals surface area contributed by atoms with Crippen LogP contribution >= 0.6 is 0 Å². The predicted molar refractivity (Wildman–Crippen MR) is 90.2 cm³/mol. The summed E-state index contributed by atoms with van der Waals surface area (Å²) in [6, 6.07) is 0.185. The van der Waals surface area contributed by atoms with Gasteiger partial charge in [0.2, 0.25) is 5.91 Å². The SMILES string of the molecule is CC(C)CCC(=O)N(C1CCNCC1)C1C=CC=C(C(N)=O)N1. The molecular weight excluding hydrogens is 292 g/mol. The van der Waals surface area contributed by atoms with E-state index >= 15 is 0 Å². The van der Waals surface area contributed by atoms with E-state index in [1.807, 2.05) is 11.0 Å². The summed E-state index contributed by atoms with van der Waals surface area (Å²) in [5, 5.41) is 6.43. The maximum absolute atomic E-state index is 12.8. The number of nitrogens with zero attached hydrogens (tertiary/aromatic N) is 1. The second-order valence-electron chi connectivity index (χ2n) is 6.63. The van der Waals surface area contributed by atoms with Crippen LogP contribution in [0.1, 0.15) is 39.5 Å². The van der Waals surface area contributed by atoms with Gasteiger partial charge in [0.15, 0.2) is 0 Å². The highest BCUT2D eigenvalue weighted by molar-refractivity contribution is 5.92. The lowest BCUT2D eigenvalue weighted by molar-refractivity contribution is -0.137. The quantitative estimate of drug-likeness (QED) is 0.677. The number of nitrogens with two attached hydrogens (primary N) is 1. The summed E-state index contributed by atoms with van der Waals surface area (Å²) in [7, 11) is 0. The topological polar surface area (TPSA) is 87.5 Å². The maximum Gasteiger partial charge on any atom is 0.264 e. The molecule has 6 heteroatoms. The lowest BCUT2D eigenvalue weighted by Crippen LogP contribution is -2.56. The molecule has 0 bridgehead atoms. The second-order valence-corrected chi connectivity index (χ2v) is 6.63. The first-order valence-corrected chi connectivity index (χ1v) is 8.45. The first-order chi connectivity index (χ1) is 11.0. The van der Waals surface area contributed by atoms with Crippen LogP contribution in [0.4, 0.5) is 0 Å². The number of primary amides is 1. The van der Waals surface area contributed by atoms with E-state index in [4.69, 9.17) is 5.73 Å². The zero-order valence-corrected chi connectivity index (χ0v) is 14.0. The van der Waals surface area contributed by atoms with Gasteiger partial charge in [0.05, 0.1) is 0 Å². The number of nitrogens with one attached hydrogen (secondary N) is 2. The van der Waals surface area contributed by atoms with Crippen molar-refractivity contribution in [3.63, 3.8) is 0 Å². The fourth-order valence-corrected chi connectivity index (χ4v) is 3.04. The number of hydrogen-bond acceptors (Lipinski definition) is 4. The molecule has 2 rings (SSSR count). The van der Waals surface area contributed by atoms with Gasteiger partial charge in [0.25, 0.3) is 5.91 Å². The Labute approximate surface area is 138 Å². The van der Waals surface area contributed by atoms with Crippen molar-refractivity contribution in [3.05, 3.63) is 23.9 Å². The molecule has 4 N–H and O–H groups in total.